The van der Waals surface area contributed by atoms with E-state index in [1.54, 1.807) is 12.1 Å². The van der Waals surface area contributed by atoms with Crippen LogP contribution in [0.3, 0.4) is 0 Å². The van der Waals surface area contributed by atoms with Gasteiger partial charge in [-0.05, 0) is 86.3 Å². The van der Waals surface area contributed by atoms with Gasteiger partial charge in [-0.2, -0.15) is 0 Å². The largest absolute Gasteiger partial charge is 0.304 e. The highest BCUT2D eigenvalue weighted by molar-refractivity contribution is 6.07. The molecule has 0 aliphatic heterocycles. The van der Waals surface area contributed by atoms with Crippen molar-refractivity contribution in [1.82, 2.24) is 19.9 Å². The number of fused-ring (bicyclic) bond motifs is 3. The summed E-state index contributed by atoms with van der Waals surface area (Å²) >= 11 is 0. The number of hydrogen-bond acceptors (Lipinski definition) is 6. The topological polar surface area (TPSA) is 92.2 Å². The van der Waals surface area contributed by atoms with Crippen molar-refractivity contribution >= 4 is 45.0 Å². The van der Waals surface area contributed by atoms with Crippen LogP contribution in [0.15, 0.2) is 133 Å². The quantitative estimate of drug-likeness (QED) is 0.144. The summed E-state index contributed by atoms with van der Waals surface area (Å²) in [5.41, 5.74) is 6.61. The van der Waals surface area contributed by atoms with Crippen molar-refractivity contribution in [2.75, 3.05) is 9.80 Å². The molecule has 4 aromatic heterocycles. The first-order valence-corrected chi connectivity index (χ1v) is 20.0. The highest BCUT2D eigenvalue weighted by Crippen LogP contribution is 2.32. The van der Waals surface area contributed by atoms with Crippen LogP contribution in [-0.4, -0.2) is 43.8 Å². The van der Waals surface area contributed by atoms with Crippen molar-refractivity contribution in [3.05, 3.63) is 145 Å². The number of aromatic nitrogens is 4. The van der Waals surface area contributed by atoms with Gasteiger partial charge in [0.15, 0.2) is 0 Å². The van der Waals surface area contributed by atoms with Crippen LogP contribution in [0.25, 0.3) is 44.6 Å². The summed E-state index contributed by atoms with van der Waals surface area (Å²) < 4.78 is 0. The number of nitrogens with zero attached hydrogens (tertiary/aromatic N) is 6. The Balaban J connectivity index is 1.05. The van der Waals surface area contributed by atoms with E-state index in [4.69, 9.17) is 19.9 Å². The smallest absolute Gasteiger partial charge is 0.277 e. The lowest BCUT2D eigenvalue weighted by Crippen LogP contribution is -2.42. The molecule has 0 atom stereocenters. The van der Waals surface area contributed by atoms with Gasteiger partial charge >= 0.3 is 0 Å². The Morgan fingerprint density at radius 2 is 0.768 bits per heavy atom. The Morgan fingerprint density at radius 1 is 0.393 bits per heavy atom. The maximum absolute atomic E-state index is 14.2. The molecule has 3 aromatic carbocycles. The molecule has 7 aromatic rings. The van der Waals surface area contributed by atoms with Gasteiger partial charge in [0.05, 0.1) is 33.8 Å². The zero-order valence-electron chi connectivity index (χ0n) is 31.4. The summed E-state index contributed by atoms with van der Waals surface area (Å²) in [5.74, 6) is -0.192. The highest BCUT2D eigenvalue weighted by atomic mass is 16.2. The van der Waals surface area contributed by atoms with Crippen LogP contribution in [0.2, 0.25) is 0 Å². The first-order valence-electron chi connectivity index (χ1n) is 20.0. The molecule has 56 heavy (non-hydrogen) atoms. The SMILES string of the molecule is O=C(c1cccc(-c2ccc3ccc4ccc(-c5cccc(C(=O)N(c6ccccc6)C6CCCCC6)n5)nc4c3n2)n1)N(c1ccccc1)C1CCCCC1. The number of rotatable bonds is 8. The van der Waals surface area contributed by atoms with E-state index in [1.165, 1.54) is 12.8 Å². The molecule has 2 aliphatic rings. The first-order chi connectivity index (χ1) is 27.6. The molecule has 8 nitrogen and oxygen atoms in total. The van der Waals surface area contributed by atoms with Gasteiger partial charge in [-0.15, -0.1) is 0 Å². The van der Waals surface area contributed by atoms with Crippen molar-refractivity contribution in [2.45, 2.75) is 76.3 Å². The molecule has 8 heteroatoms. The lowest BCUT2D eigenvalue weighted by Gasteiger charge is -2.34. The van der Waals surface area contributed by atoms with Gasteiger partial charge in [0.2, 0.25) is 0 Å². The van der Waals surface area contributed by atoms with E-state index in [9.17, 15) is 9.59 Å². The zero-order valence-corrected chi connectivity index (χ0v) is 31.4. The standard InChI is InChI=1S/C48H44N6O2/c55-47(53(35-15-5-1-6-16-35)36-17-7-2-8-18-36)43-25-13-23-39(49-43)41-31-29-33-27-28-34-30-32-42(52-46(34)45(33)51-41)40-24-14-26-44(50-40)48(56)54(37-19-9-3-10-20-37)38-21-11-4-12-22-38/h1,3,5-6,9-10,13-16,19-20,23-32,36,38H,2,4,7-8,11-12,17-18,21-22H2. The predicted molar refractivity (Wildman–Crippen MR) is 224 cm³/mol. The van der Waals surface area contributed by atoms with E-state index in [0.717, 1.165) is 84.5 Å². The number of hydrogen-bond donors (Lipinski definition) is 0. The van der Waals surface area contributed by atoms with Crippen molar-refractivity contribution in [3.8, 4) is 22.8 Å². The molecular formula is C48H44N6O2. The fourth-order valence-corrected chi connectivity index (χ4v) is 8.54. The molecule has 0 N–H and O–H groups in total. The Bertz CT molecular complexity index is 2340. The number of pyridine rings is 4. The van der Waals surface area contributed by atoms with Crippen LogP contribution in [0.1, 0.15) is 85.2 Å². The average molecular weight is 737 g/mol. The zero-order chi connectivity index (χ0) is 37.8. The Hall–Kier alpha value is -6.28. The predicted octanol–water partition coefficient (Wildman–Crippen LogP) is 10.9. The second-order valence-corrected chi connectivity index (χ2v) is 15.0. The molecule has 278 valence electrons. The molecule has 4 heterocycles. The molecular weight excluding hydrogens is 693 g/mol. The first kappa shape index (κ1) is 35.4. The Morgan fingerprint density at radius 3 is 1.18 bits per heavy atom. The number of carbonyl (C=O) groups excluding carboxylic acids is 2. The molecule has 0 unspecified atom stereocenters. The third-order valence-corrected chi connectivity index (χ3v) is 11.4. The normalized spacial score (nSPS) is 15.1. The van der Waals surface area contributed by atoms with E-state index in [0.29, 0.717) is 34.2 Å². The lowest BCUT2D eigenvalue weighted by molar-refractivity contribution is 0.0958. The number of carbonyl (C=O) groups is 2. The molecule has 9 rings (SSSR count). The molecule has 0 radical (unpaired) electrons. The molecule has 0 saturated heterocycles. The van der Waals surface area contributed by atoms with Crippen LogP contribution in [0.5, 0.6) is 0 Å². The van der Waals surface area contributed by atoms with Crippen LogP contribution < -0.4 is 9.80 Å². The van der Waals surface area contributed by atoms with E-state index in [1.807, 2.05) is 131 Å². The molecule has 0 spiro atoms. The van der Waals surface area contributed by atoms with Gasteiger partial charge < -0.3 is 9.80 Å². The highest BCUT2D eigenvalue weighted by Gasteiger charge is 2.30. The Kier molecular flexibility index (Phi) is 10.0. The van der Waals surface area contributed by atoms with Crippen molar-refractivity contribution in [1.29, 1.82) is 0 Å². The minimum Gasteiger partial charge on any atom is -0.304 e. The molecule has 2 aliphatic carbocycles. The molecule has 0 bridgehead atoms. The minimum atomic E-state index is -0.0960. The lowest BCUT2D eigenvalue weighted by atomic mass is 9.93. The van der Waals surface area contributed by atoms with Crippen LogP contribution >= 0.6 is 0 Å². The average Bonchev–Trinajstić information content (AvgIpc) is 3.27. The fourth-order valence-electron chi connectivity index (χ4n) is 8.54. The van der Waals surface area contributed by atoms with Gasteiger partial charge in [0.1, 0.15) is 11.4 Å². The minimum absolute atomic E-state index is 0.0960. The monoisotopic (exact) mass is 736 g/mol. The summed E-state index contributed by atoms with van der Waals surface area (Å²) in [7, 11) is 0. The van der Waals surface area contributed by atoms with Gasteiger partial charge in [0.25, 0.3) is 11.8 Å². The molecule has 2 fully saturated rings. The van der Waals surface area contributed by atoms with Crippen molar-refractivity contribution in [2.24, 2.45) is 0 Å². The number of benzene rings is 3. The van der Waals surface area contributed by atoms with Gasteiger partial charge in [-0.25, -0.2) is 19.9 Å². The van der Waals surface area contributed by atoms with E-state index in [2.05, 4.69) is 0 Å². The number of para-hydroxylation sites is 2. The van der Waals surface area contributed by atoms with Crippen LogP contribution in [0.4, 0.5) is 11.4 Å². The summed E-state index contributed by atoms with van der Waals surface area (Å²) in [6.07, 6.45) is 10.8. The molecule has 2 saturated carbocycles. The van der Waals surface area contributed by atoms with E-state index >= 15 is 0 Å². The third-order valence-electron chi connectivity index (χ3n) is 11.4. The summed E-state index contributed by atoms with van der Waals surface area (Å²) in [5, 5.41) is 1.88. The van der Waals surface area contributed by atoms with E-state index in [-0.39, 0.29) is 23.9 Å². The van der Waals surface area contributed by atoms with E-state index < -0.39 is 0 Å². The maximum atomic E-state index is 14.2. The van der Waals surface area contributed by atoms with Crippen molar-refractivity contribution in [3.63, 3.8) is 0 Å². The second kappa shape index (κ2) is 15.8. The van der Waals surface area contributed by atoms with Gasteiger partial charge in [-0.3, -0.25) is 9.59 Å². The van der Waals surface area contributed by atoms with Crippen molar-refractivity contribution < 1.29 is 9.59 Å². The summed E-state index contributed by atoms with van der Waals surface area (Å²) in [4.78, 5) is 52.5. The van der Waals surface area contributed by atoms with Gasteiger partial charge in [-0.1, -0.05) is 111 Å². The summed E-state index contributed by atoms with van der Waals surface area (Å²) in [6, 6.07) is 43.4. The second-order valence-electron chi connectivity index (χ2n) is 15.0. The third kappa shape index (κ3) is 7.15. The number of amides is 2. The van der Waals surface area contributed by atoms with Gasteiger partial charge in [0, 0.05) is 34.2 Å². The summed E-state index contributed by atoms with van der Waals surface area (Å²) in [6.45, 7) is 0. The fraction of sp³-hybridized carbons (Fsp3) is 0.250. The molecule has 2 amide bonds. The van der Waals surface area contributed by atoms with Crippen LogP contribution in [-0.2, 0) is 0 Å². The van der Waals surface area contributed by atoms with Crippen LogP contribution in [0, 0.1) is 0 Å². The maximum Gasteiger partial charge on any atom is 0.277 e. The number of anilines is 2. The Labute approximate surface area is 327 Å².